The van der Waals surface area contributed by atoms with Gasteiger partial charge in [0.2, 0.25) is 0 Å². The molecule has 0 atom stereocenters. The largest absolute Gasteiger partial charge is 0.512 e. The summed E-state index contributed by atoms with van der Waals surface area (Å²) in [4.78, 5) is 18.0. The average Bonchev–Trinajstić information content (AvgIpc) is 3.21. The zero-order valence-electron chi connectivity index (χ0n) is 26.1. The number of allylic oxidation sites excluding steroid dienone is 2. The minimum atomic E-state index is 0. The third kappa shape index (κ3) is 8.37. The Morgan fingerprint density at radius 2 is 1.59 bits per heavy atom. The van der Waals surface area contributed by atoms with E-state index in [1.807, 2.05) is 39.0 Å². The van der Waals surface area contributed by atoms with E-state index in [1.54, 1.807) is 0 Å². The van der Waals surface area contributed by atoms with Crippen molar-refractivity contribution in [2.24, 2.45) is 11.8 Å². The van der Waals surface area contributed by atoms with E-state index in [2.05, 4.69) is 83.1 Å². The standard InChI is InChI=1S/C23H22NS.C13H24O2.Ir/c1-14-15(2)25-21-11-10-20(24-22(14)21)17-12-16-8-6-7-9-18(16)19(13-17)23(3,4)5;1-5-10(6-2)12(14)9-13(15)11(7-3)8-4;/h6-11,13H,1-5H3;9-11,14H,5-8H2,1-4H3;/q-1;;/b;12-9-;. The summed E-state index contributed by atoms with van der Waals surface area (Å²) < 4.78 is 1.26. The third-order valence-electron chi connectivity index (χ3n) is 7.95. The molecule has 0 amide bonds. The van der Waals surface area contributed by atoms with Gasteiger partial charge in [-0.2, -0.15) is 0 Å². The van der Waals surface area contributed by atoms with E-state index in [0.29, 0.717) is 0 Å². The molecule has 223 valence electrons. The molecule has 0 aliphatic rings. The van der Waals surface area contributed by atoms with Crippen LogP contribution in [0.3, 0.4) is 0 Å². The van der Waals surface area contributed by atoms with Gasteiger partial charge in [-0.05, 0) is 56.6 Å². The van der Waals surface area contributed by atoms with Crippen molar-refractivity contribution < 1.29 is 30.0 Å². The third-order valence-corrected chi connectivity index (χ3v) is 9.11. The minimum Gasteiger partial charge on any atom is -0.512 e. The van der Waals surface area contributed by atoms with Crippen LogP contribution in [0.1, 0.15) is 90.2 Å². The van der Waals surface area contributed by atoms with Crippen molar-refractivity contribution in [3.8, 4) is 11.3 Å². The molecule has 2 aromatic heterocycles. The Balaban J connectivity index is 0.000000320. The minimum absolute atomic E-state index is 0. The van der Waals surface area contributed by atoms with Gasteiger partial charge in [-0.15, -0.1) is 40.5 Å². The van der Waals surface area contributed by atoms with Crippen LogP contribution in [0.25, 0.3) is 32.2 Å². The van der Waals surface area contributed by atoms with E-state index >= 15 is 0 Å². The van der Waals surface area contributed by atoms with Gasteiger partial charge in [-0.25, -0.2) is 0 Å². The molecule has 41 heavy (non-hydrogen) atoms. The Kier molecular flexibility index (Phi) is 13.0. The van der Waals surface area contributed by atoms with Crippen molar-refractivity contribution in [3.63, 3.8) is 0 Å². The Bertz CT molecular complexity index is 1490. The Hall–Kier alpha value is -2.33. The number of thiophene rings is 1. The normalized spacial score (nSPS) is 12.0. The first kappa shape index (κ1) is 34.9. The molecule has 4 rings (SSSR count). The van der Waals surface area contributed by atoms with Crippen LogP contribution in [-0.4, -0.2) is 15.9 Å². The van der Waals surface area contributed by atoms with Crippen LogP contribution in [0.5, 0.6) is 0 Å². The van der Waals surface area contributed by atoms with Gasteiger partial charge in [0, 0.05) is 48.6 Å². The average molecular weight is 749 g/mol. The fourth-order valence-electron chi connectivity index (χ4n) is 5.12. The van der Waals surface area contributed by atoms with Crippen LogP contribution >= 0.6 is 11.3 Å². The summed E-state index contributed by atoms with van der Waals surface area (Å²) in [7, 11) is 0. The van der Waals surface area contributed by atoms with Gasteiger partial charge < -0.3 is 5.11 Å². The summed E-state index contributed by atoms with van der Waals surface area (Å²) in [5.41, 5.74) is 5.91. The number of fused-ring (bicyclic) bond motifs is 2. The number of benzene rings is 2. The number of pyridine rings is 1. The Labute approximate surface area is 264 Å². The van der Waals surface area contributed by atoms with Crippen LogP contribution < -0.4 is 0 Å². The topological polar surface area (TPSA) is 50.2 Å². The number of hydrogen-bond donors (Lipinski definition) is 1. The molecule has 0 aliphatic carbocycles. The number of ketones is 1. The van der Waals surface area contributed by atoms with Gasteiger partial charge in [0.15, 0.2) is 5.78 Å². The summed E-state index contributed by atoms with van der Waals surface area (Å²) in [5, 5.41) is 12.2. The number of aliphatic hydroxyl groups excluding tert-OH is 1. The molecular weight excluding hydrogens is 703 g/mol. The molecule has 2 aromatic carbocycles. The van der Waals surface area contributed by atoms with Crippen molar-refractivity contribution in [2.45, 2.75) is 93.4 Å². The van der Waals surface area contributed by atoms with E-state index in [0.717, 1.165) is 47.8 Å². The predicted octanol–water partition coefficient (Wildman–Crippen LogP) is 10.7. The molecule has 0 unspecified atom stereocenters. The predicted molar refractivity (Wildman–Crippen MR) is 173 cm³/mol. The maximum Gasteiger partial charge on any atom is 0.162 e. The molecular formula is C36H46IrNO2S-. The van der Waals surface area contributed by atoms with Gasteiger partial charge in [0.05, 0.1) is 16.0 Å². The maximum atomic E-state index is 11.7. The first-order valence-corrected chi connectivity index (χ1v) is 15.5. The van der Waals surface area contributed by atoms with Crippen molar-refractivity contribution in [2.75, 3.05) is 0 Å². The van der Waals surface area contributed by atoms with Crippen LogP contribution in [0, 0.1) is 31.7 Å². The number of hydrogen-bond acceptors (Lipinski definition) is 4. The first-order chi connectivity index (χ1) is 18.9. The van der Waals surface area contributed by atoms with Crippen LogP contribution in [0.4, 0.5) is 0 Å². The van der Waals surface area contributed by atoms with Crippen molar-refractivity contribution in [1.29, 1.82) is 0 Å². The van der Waals surface area contributed by atoms with E-state index < -0.39 is 0 Å². The quantitative estimate of drug-likeness (QED) is 0.111. The molecule has 0 bridgehead atoms. The summed E-state index contributed by atoms with van der Waals surface area (Å²) in [6, 6.07) is 18.7. The molecule has 4 aromatic rings. The second-order valence-electron chi connectivity index (χ2n) is 11.7. The molecule has 0 aliphatic heterocycles. The van der Waals surface area contributed by atoms with E-state index in [9.17, 15) is 9.90 Å². The summed E-state index contributed by atoms with van der Waals surface area (Å²) in [6.07, 6.45) is 4.91. The summed E-state index contributed by atoms with van der Waals surface area (Å²) in [5.74, 6) is 0.547. The number of aliphatic hydroxyl groups is 1. The van der Waals surface area contributed by atoms with Gasteiger partial charge in [0.1, 0.15) is 0 Å². The van der Waals surface area contributed by atoms with E-state index in [4.69, 9.17) is 4.98 Å². The SMILES string of the molecule is CCC(CC)C(=O)/C=C(\O)C(CC)CC.Cc1sc2ccc(-c3[c-]c4ccccc4c(C(C)(C)C)c3)nc2c1C.[Ir]. The number of aryl methyl sites for hydroxylation is 2. The van der Waals surface area contributed by atoms with Crippen LogP contribution in [0.15, 0.2) is 54.3 Å². The molecule has 5 heteroatoms. The molecule has 0 fully saturated rings. The summed E-state index contributed by atoms with van der Waals surface area (Å²) in [6.45, 7) is 19.2. The molecule has 0 saturated carbocycles. The molecule has 0 spiro atoms. The van der Waals surface area contributed by atoms with Gasteiger partial charge in [-0.1, -0.05) is 83.7 Å². The van der Waals surface area contributed by atoms with Gasteiger partial charge in [0.25, 0.3) is 0 Å². The summed E-state index contributed by atoms with van der Waals surface area (Å²) >= 11 is 1.82. The second-order valence-corrected chi connectivity index (χ2v) is 13.0. The molecule has 1 radical (unpaired) electrons. The van der Waals surface area contributed by atoms with E-state index in [1.165, 1.54) is 32.2 Å². The first-order valence-electron chi connectivity index (χ1n) is 14.7. The zero-order chi connectivity index (χ0) is 29.6. The number of rotatable bonds is 8. The number of carbonyl (C=O) groups is 1. The zero-order valence-corrected chi connectivity index (χ0v) is 29.4. The van der Waals surface area contributed by atoms with Crippen LogP contribution in [-0.2, 0) is 30.3 Å². The maximum absolute atomic E-state index is 11.7. The fourth-order valence-corrected chi connectivity index (χ4v) is 6.13. The fraction of sp³-hybridized carbons (Fsp3) is 0.444. The second kappa shape index (κ2) is 15.2. The van der Waals surface area contributed by atoms with Crippen molar-refractivity contribution >= 4 is 38.1 Å². The monoisotopic (exact) mass is 749 g/mol. The Morgan fingerprint density at radius 3 is 2.17 bits per heavy atom. The van der Waals surface area contributed by atoms with Gasteiger partial charge in [-0.3, -0.25) is 9.78 Å². The molecule has 3 nitrogen and oxygen atoms in total. The molecule has 0 saturated heterocycles. The Morgan fingerprint density at radius 1 is 0.976 bits per heavy atom. The molecule has 1 N–H and O–H groups in total. The number of carbonyl (C=O) groups excluding carboxylic acids is 1. The van der Waals surface area contributed by atoms with Crippen LogP contribution in [0.2, 0.25) is 0 Å². The van der Waals surface area contributed by atoms with E-state index in [-0.39, 0.29) is 48.9 Å². The van der Waals surface area contributed by atoms with Crippen molar-refractivity contribution in [3.05, 3.63) is 76.4 Å². The smallest absolute Gasteiger partial charge is 0.162 e. The number of nitrogens with zero attached hydrogens (tertiary/aromatic N) is 1. The molecule has 2 heterocycles. The van der Waals surface area contributed by atoms with Gasteiger partial charge >= 0.3 is 0 Å². The van der Waals surface area contributed by atoms with Crippen molar-refractivity contribution in [1.82, 2.24) is 4.98 Å². The number of aromatic nitrogens is 1.